The van der Waals surface area contributed by atoms with Gasteiger partial charge in [0.25, 0.3) is 11.5 Å². The van der Waals surface area contributed by atoms with Gasteiger partial charge in [-0.3, -0.25) is 14.4 Å². The summed E-state index contributed by atoms with van der Waals surface area (Å²) in [6, 6.07) is 8.49. The van der Waals surface area contributed by atoms with Crippen LogP contribution in [0.25, 0.3) is 0 Å². The minimum Gasteiger partial charge on any atom is -0.491 e. The molecule has 2 atom stereocenters. The Bertz CT molecular complexity index is 1000. The van der Waals surface area contributed by atoms with Crippen LogP contribution in [-0.4, -0.2) is 54.3 Å². The van der Waals surface area contributed by atoms with Crippen molar-refractivity contribution in [3.8, 4) is 5.75 Å². The summed E-state index contributed by atoms with van der Waals surface area (Å²) in [5.74, 6) is 0.0869. The second-order valence-corrected chi connectivity index (χ2v) is 7.49. The van der Waals surface area contributed by atoms with Crippen LogP contribution in [0.4, 0.5) is 0 Å². The topological polar surface area (TPSA) is 107 Å². The first kappa shape index (κ1) is 22.7. The summed E-state index contributed by atoms with van der Waals surface area (Å²) in [5, 5.41) is 11.4. The fourth-order valence-electron chi connectivity index (χ4n) is 3.51. The predicted molar refractivity (Wildman–Crippen MR) is 115 cm³/mol. The van der Waals surface area contributed by atoms with Crippen LogP contribution in [-0.2, 0) is 11.3 Å². The molecule has 0 bridgehead atoms. The molecule has 8 nitrogen and oxygen atoms in total. The number of carbonyl (C=O) groups is 2. The second kappa shape index (κ2) is 10.4. The Morgan fingerprint density at radius 3 is 2.81 bits per heavy atom. The van der Waals surface area contributed by atoms with Gasteiger partial charge in [0.1, 0.15) is 17.9 Å². The number of aromatic nitrogens is 1. The van der Waals surface area contributed by atoms with Crippen LogP contribution in [0.3, 0.4) is 0 Å². The van der Waals surface area contributed by atoms with Crippen LogP contribution in [0, 0.1) is 5.92 Å². The maximum Gasteiger partial charge on any atom is 0.263 e. The summed E-state index contributed by atoms with van der Waals surface area (Å²) in [5.41, 5.74) is 0.547. The Morgan fingerprint density at radius 1 is 1.29 bits per heavy atom. The highest BCUT2D eigenvalue weighted by Gasteiger charge is 2.39. The molecule has 1 aromatic carbocycles. The van der Waals surface area contributed by atoms with Crippen molar-refractivity contribution in [1.82, 2.24) is 9.88 Å². The molecule has 31 heavy (non-hydrogen) atoms. The lowest BCUT2D eigenvalue weighted by Gasteiger charge is -2.12. The minimum absolute atomic E-state index is 0.0711. The average Bonchev–Trinajstić information content (AvgIpc) is 3.50. The fourth-order valence-corrected chi connectivity index (χ4v) is 3.51. The molecule has 1 saturated carbocycles. The molecule has 1 aliphatic rings. The highest BCUT2D eigenvalue weighted by molar-refractivity contribution is 6.00. The second-order valence-electron chi connectivity index (χ2n) is 7.49. The van der Waals surface area contributed by atoms with Crippen LogP contribution in [0.15, 0.2) is 41.3 Å². The van der Waals surface area contributed by atoms with Crippen molar-refractivity contribution in [1.29, 1.82) is 0 Å². The van der Waals surface area contributed by atoms with E-state index in [1.807, 2.05) is 13.0 Å². The Morgan fingerprint density at radius 2 is 2.10 bits per heavy atom. The number of ether oxygens (including phenoxy) is 2. The Labute approximate surface area is 180 Å². The van der Waals surface area contributed by atoms with Gasteiger partial charge in [0.2, 0.25) is 0 Å². The van der Waals surface area contributed by atoms with Crippen molar-refractivity contribution in [2.24, 2.45) is 5.92 Å². The van der Waals surface area contributed by atoms with Gasteiger partial charge in [-0.05, 0) is 43.0 Å². The quantitative estimate of drug-likeness (QED) is 0.527. The largest absolute Gasteiger partial charge is 0.491 e. The highest BCUT2D eigenvalue weighted by Crippen LogP contribution is 2.37. The summed E-state index contributed by atoms with van der Waals surface area (Å²) in [4.78, 5) is 38.0. The lowest BCUT2D eigenvalue weighted by molar-refractivity contribution is 0.0931. The third kappa shape index (κ3) is 5.80. The number of Topliss-reactive ketones (excluding diaryl/α,β-unsaturated/α-hetero) is 1. The molecule has 0 radical (unpaired) electrons. The SMILES string of the molecule is CCO[C@H]1C[C@@H]1CC(=O)c1cc(C(=O)NC)c(=O)n(Cc2cccc(OCCO)c2)c1. The lowest BCUT2D eigenvalue weighted by Crippen LogP contribution is -2.32. The molecule has 2 N–H and O–H groups in total. The van der Waals surface area contributed by atoms with E-state index >= 15 is 0 Å². The van der Waals surface area contributed by atoms with Crippen LogP contribution < -0.4 is 15.6 Å². The van der Waals surface area contributed by atoms with Crippen LogP contribution in [0.1, 0.15) is 46.0 Å². The van der Waals surface area contributed by atoms with E-state index in [1.54, 1.807) is 18.2 Å². The monoisotopic (exact) mass is 428 g/mol. The number of aliphatic hydroxyl groups excluding tert-OH is 1. The number of hydrogen-bond acceptors (Lipinski definition) is 6. The molecule has 1 aliphatic carbocycles. The van der Waals surface area contributed by atoms with Gasteiger partial charge < -0.3 is 24.5 Å². The zero-order valence-electron chi connectivity index (χ0n) is 17.8. The van der Waals surface area contributed by atoms with Gasteiger partial charge in [0.05, 0.1) is 19.3 Å². The zero-order valence-corrected chi connectivity index (χ0v) is 17.8. The molecule has 1 amide bonds. The van der Waals surface area contributed by atoms with Crippen LogP contribution in [0.5, 0.6) is 5.75 Å². The normalized spacial score (nSPS) is 17.3. The van der Waals surface area contributed by atoms with Crippen molar-refractivity contribution in [2.45, 2.75) is 32.4 Å². The first-order chi connectivity index (χ1) is 15.0. The molecule has 1 fully saturated rings. The molecule has 0 saturated heterocycles. The van der Waals surface area contributed by atoms with Crippen molar-refractivity contribution in [3.63, 3.8) is 0 Å². The third-order valence-corrected chi connectivity index (χ3v) is 5.18. The number of ketones is 1. The van der Waals surface area contributed by atoms with Gasteiger partial charge in [0, 0.05) is 31.8 Å². The molecular formula is C23H28N2O6. The van der Waals surface area contributed by atoms with E-state index in [9.17, 15) is 14.4 Å². The van der Waals surface area contributed by atoms with Gasteiger partial charge in [-0.15, -0.1) is 0 Å². The number of aliphatic hydroxyl groups is 1. The van der Waals surface area contributed by atoms with Crippen molar-refractivity contribution >= 4 is 11.7 Å². The number of pyridine rings is 1. The van der Waals surface area contributed by atoms with E-state index in [4.69, 9.17) is 14.6 Å². The maximum atomic E-state index is 12.9. The zero-order chi connectivity index (χ0) is 22.4. The van der Waals surface area contributed by atoms with Crippen molar-refractivity contribution in [3.05, 3.63) is 63.6 Å². The molecule has 1 heterocycles. The summed E-state index contributed by atoms with van der Waals surface area (Å²) >= 11 is 0. The van der Waals surface area contributed by atoms with E-state index in [1.165, 1.54) is 23.9 Å². The number of amides is 1. The maximum absolute atomic E-state index is 12.9. The van der Waals surface area contributed by atoms with Crippen LogP contribution in [0.2, 0.25) is 0 Å². The van der Waals surface area contributed by atoms with Crippen molar-refractivity contribution < 1.29 is 24.2 Å². The summed E-state index contributed by atoms with van der Waals surface area (Å²) < 4.78 is 12.3. The van der Waals surface area contributed by atoms with E-state index in [-0.39, 0.29) is 43.1 Å². The van der Waals surface area contributed by atoms with Crippen molar-refractivity contribution in [2.75, 3.05) is 26.9 Å². The van der Waals surface area contributed by atoms with Gasteiger partial charge in [-0.2, -0.15) is 0 Å². The number of carbonyl (C=O) groups excluding carboxylic acids is 2. The minimum atomic E-state index is -0.535. The third-order valence-electron chi connectivity index (χ3n) is 5.18. The number of benzene rings is 1. The average molecular weight is 428 g/mol. The molecule has 0 spiro atoms. The first-order valence-electron chi connectivity index (χ1n) is 10.4. The molecule has 166 valence electrons. The lowest BCUT2D eigenvalue weighted by atomic mass is 10.0. The predicted octanol–water partition coefficient (Wildman–Crippen LogP) is 1.63. The number of nitrogens with zero attached hydrogens (tertiary/aromatic N) is 1. The van der Waals surface area contributed by atoms with Crippen LogP contribution >= 0.6 is 0 Å². The molecule has 3 rings (SSSR count). The number of nitrogens with one attached hydrogen (secondary N) is 1. The molecule has 0 aliphatic heterocycles. The first-order valence-corrected chi connectivity index (χ1v) is 10.4. The van der Waals surface area contributed by atoms with E-state index in [0.717, 1.165) is 12.0 Å². The van der Waals surface area contributed by atoms with E-state index in [2.05, 4.69) is 5.32 Å². The highest BCUT2D eigenvalue weighted by atomic mass is 16.5. The summed E-state index contributed by atoms with van der Waals surface area (Å²) in [6.45, 7) is 2.77. The van der Waals surface area contributed by atoms with E-state index < -0.39 is 11.5 Å². The number of rotatable bonds is 11. The van der Waals surface area contributed by atoms with Gasteiger partial charge in [0.15, 0.2) is 5.78 Å². The van der Waals surface area contributed by atoms with Gasteiger partial charge in [-0.25, -0.2) is 0 Å². The standard InChI is InChI=1S/C23H28N2O6/c1-3-30-21-12-16(21)11-20(27)17-10-19(22(28)24-2)23(29)25(14-17)13-15-5-4-6-18(9-15)31-8-7-26/h4-6,9-10,14,16,21,26H,3,7-8,11-13H2,1-2H3,(H,24,28)/t16-,21-/m0/s1. The molecule has 1 aromatic heterocycles. The van der Waals surface area contributed by atoms with Gasteiger partial charge >= 0.3 is 0 Å². The Hall–Kier alpha value is -2.97. The molecule has 8 heteroatoms. The van der Waals surface area contributed by atoms with Gasteiger partial charge in [-0.1, -0.05) is 12.1 Å². The molecular weight excluding hydrogens is 400 g/mol. The smallest absolute Gasteiger partial charge is 0.263 e. The fraction of sp³-hybridized carbons (Fsp3) is 0.435. The Balaban J connectivity index is 1.87. The number of hydrogen-bond donors (Lipinski definition) is 2. The summed E-state index contributed by atoms with van der Waals surface area (Å²) in [7, 11) is 1.44. The summed E-state index contributed by atoms with van der Waals surface area (Å²) in [6.07, 6.45) is 2.79. The van der Waals surface area contributed by atoms with E-state index in [0.29, 0.717) is 24.3 Å². The molecule has 0 unspecified atom stereocenters. The Kier molecular flexibility index (Phi) is 7.59. The molecule has 2 aromatic rings.